The Morgan fingerprint density at radius 3 is 2.62 bits per heavy atom. The molecule has 2 aromatic rings. The molecule has 0 aliphatic heterocycles. The number of aryl methyl sites for hydroxylation is 1. The van der Waals surface area contributed by atoms with Gasteiger partial charge in [-0.25, -0.2) is 4.98 Å². The summed E-state index contributed by atoms with van der Waals surface area (Å²) in [5, 5.41) is 13.6. The van der Waals surface area contributed by atoms with Crippen molar-refractivity contribution >= 4 is 0 Å². The monoisotopic (exact) mass is 287 g/mol. The topological polar surface area (TPSA) is 50.1 Å². The standard InChI is InChI=1S/C17H25N3O/c1-3-8-16-18-11-12-20(16)13-17(14-21,19-4-2)15-9-6-5-7-10-15/h5-7,9-12,19,21H,3-4,8,13-14H2,1-2H3. The molecular weight excluding hydrogens is 262 g/mol. The van der Waals surface area contributed by atoms with E-state index < -0.39 is 5.54 Å². The number of hydrogen-bond acceptors (Lipinski definition) is 3. The lowest BCUT2D eigenvalue weighted by molar-refractivity contribution is 0.143. The van der Waals surface area contributed by atoms with E-state index in [0.717, 1.165) is 30.8 Å². The van der Waals surface area contributed by atoms with Crippen LogP contribution in [0.3, 0.4) is 0 Å². The molecule has 0 spiro atoms. The lowest BCUT2D eigenvalue weighted by Crippen LogP contribution is -2.49. The van der Waals surface area contributed by atoms with Gasteiger partial charge in [-0.1, -0.05) is 44.2 Å². The van der Waals surface area contributed by atoms with E-state index in [1.165, 1.54) is 0 Å². The van der Waals surface area contributed by atoms with Gasteiger partial charge in [0.2, 0.25) is 0 Å². The summed E-state index contributed by atoms with van der Waals surface area (Å²) in [6.07, 6.45) is 5.85. The summed E-state index contributed by atoms with van der Waals surface area (Å²) in [6, 6.07) is 10.2. The van der Waals surface area contributed by atoms with Gasteiger partial charge in [-0.15, -0.1) is 0 Å². The lowest BCUT2D eigenvalue weighted by atomic mass is 9.90. The van der Waals surface area contributed by atoms with Crippen LogP contribution in [0.25, 0.3) is 0 Å². The molecule has 114 valence electrons. The van der Waals surface area contributed by atoms with Crippen LogP contribution in [0.1, 0.15) is 31.7 Å². The van der Waals surface area contributed by atoms with Crippen LogP contribution in [0.4, 0.5) is 0 Å². The Morgan fingerprint density at radius 1 is 1.24 bits per heavy atom. The smallest absolute Gasteiger partial charge is 0.108 e. The van der Waals surface area contributed by atoms with Gasteiger partial charge in [0.15, 0.2) is 0 Å². The molecule has 4 nitrogen and oxygen atoms in total. The van der Waals surface area contributed by atoms with Gasteiger partial charge in [-0.05, 0) is 18.5 Å². The maximum Gasteiger partial charge on any atom is 0.108 e. The van der Waals surface area contributed by atoms with Gasteiger partial charge in [-0.3, -0.25) is 0 Å². The highest BCUT2D eigenvalue weighted by Gasteiger charge is 2.31. The van der Waals surface area contributed by atoms with Crippen LogP contribution in [0.2, 0.25) is 0 Å². The minimum absolute atomic E-state index is 0.0502. The molecule has 2 N–H and O–H groups in total. The molecule has 1 atom stereocenters. The van der Waals surface area contributed by atoms with Crippen LogP contribution in [0.5, 0.6) is 0 Å². The summed E-state index contributed by atoms with van der Waals surface area (Å²) < 4.78 is 2.15. The molecule has 0 saturated carbocycles. The Morgan fingerprint density at radius 2 is 2.00 bits per heavy atom. The van der Waals surface area contributed by atoms with Crippen molar-refractivity contribution in [3.63, 3.8) is 0 Å². The fourth-order valence-corrected chi connectivity index (χ4v) is 2.77. The molecular formula is C17H25N3O. The minimum Gasteiger partial charge on any atom is -0.394 e. The zero-order chi connectivity index (χ0) is 15.1. The first-order valence-corrected chi connectivity index (χ1v) is 7.67. The molecule has 4 heteroatoms. The number of benzene rings is 1. The van der Waals surface area contributed by atoms with Crippen molar-refractivity contribution in [2.45, 2.75) is 38.8 Å². The lowest BCUT2D eigenvalue weighted by Gasteiger charge is -2.34. The van der Waals surface area contributed by atoms with E-state index in [4.69, 9.17) is 0 Å². The number of rotatable bonds is 8. The summed E-state index contributed by atoms with van der Waals surface area (Å²) >= 11 is 0. The van der Waals surface area contributed by atoms with Crippen LogP contribution in [-0.2, 0) is 18.5 Å². The number of hydrogen-bond donors (Lipinski definition) is 2. The third-order valence-electron chi connectivity index (χ3n) is 3.83. The Labute approximate surface area is 126 Å². The fraction of sp³-hybridized carbons (Fsp3) is 0.471. The molecule has 0 aliphatic carbocycles. The molecule has 0 fully saturated rings. The van der Waals surface area contributed by atoms with Crippen molar-refractivity contribution < 1.29 is 5.11 Å². The second-order valence-electron chi connectivity index (χ2n) is 5.36. The molecule has 0 radical (unpaired) electrons. The average molecular weight is 287 g/mol. The molecule has 0 aliphatic rings. The zero-order valence-corrected chi connectivity index (χ0v) is 12.9. The molecule has 0 amide bonds. The molecule has 21 heavy (non-hydrogen) atoms. The van der Waals surface area contributed by atoms with E-state index in [2.05, 4.69) is 40.8 Å². The largest absolute Gasteiger partial charge is 0.394 e. The normalized spacial score (nSPS) is 14.0. The van der Waals surface area contributed by atoms with Crippen molar-refractivity contribution in [2.75, 3.05) is 13.2 Å². The predicted octanol–water partition coefficient (Wildman–Crippen LogP) is 2.33. The van der Waals surface area contributed by atoms with Gasteiger partial charge in [0.1, 0.15) is 5.82 Å². The van der Waals surface area contributed by atoms with E-state index >= 15 is 0 Å². The first-order valence-electron chi connectivity index (χ1n) is 7.67. The van der Waals surface area contributed by atoms with Crippen LogP contribution in [0.15, 0.2) is 42.7 Å². The quantitative estimate of drug-likeness (QED) is 0.783. The average Bonchev–Trinajstić information content (AvgIpc) is 2.95. The highest BCUT2D eigenvalue weighted by Crippen LogP contribution is 2.24. The number of nitrogens with one attached hydrogen (secondary N) is 1. The van der Waals surface area contributed by atoms with Gasteiger partial charge in [0, 0.05) is 25.4 Å². The van der Waals surface area contributed by atoms with Gasteiger partial charge in [-0.2, -0.15) is 0 Å². The van der Waals surface area contributed by atoms with E-state index in [0.29, 0.717) is 6.54 Å². The van der Waals surface area contributed by atoms with Crippen LogP contribution < -0.4 is 5.32 Å². The number of aliphatic hydroxyl groups is 1. The highest BCUT2D eigenvalue weighted by molar-refractivity contribution is 5.25. The Kier molecular flexibility index (Phi) is 5.53. The molecule has 1 unspecified atom stereocenters. The van der Waals surface area contributed by atoms with Crippen molar-refractivity contribution in [3.8, 4) is 0 Å². The molecule has 0 saturated heterocycles. The van der Waals surface area contributed by atoms with Crippen molar-refractivity contribution in [3.05, 3.63) is 54.1 Å². The molecule has 1 heterocycles. The predicted molar refractivity (Wildman–Crippen MR) is 85.1 cm³/mol. The number of imidazole rings is 1. The van der Waals surface area contributed by atoms with Crippen LogP contribution in [-0.4, -0.2) is 27.8 Å². The third-order valence-corrected chi connectivity index (χ3v) is 3.83. The summed E-state index contributed by atoms with van der Waals surface area (Å²) in [5.41, 5.74) is 0.629. The summed E-state index contributed by atoms with van der Waals surface area (Å²) in [7, 11) is 0. The summed E-state index contributed by atoms with van der Waals surface area (Å²) in [6.45, 7) is 5.74. The third kappa shape index (κ3) is 3.52. The van der Waals surface area contributed by atoms with E-state index in [-0.39, 0.29) is 6.61 Å². The first-order chi connectivity index (χ1) is 10.3. The van der Waals surface area contributed by atoms with Gasteiger partial charge >= 0.3 is 0 Å². The Balaban J connectivity index is 2.34. The highest BCUT2D eigenvalue weighted by atomic mass is 16.3. The van der Waals surface area contributed by atoms with E-state index in [9.17, 15) is 5.11 Å². The molecule has 1 aromatic carbocycles. The maximum absolute atomic E-state index is 10.1. The van der Waals surface area contributed by atoms with Gasteiger partial charge < -0.3 is 15.0 Å². The fourth-order valence-electron chi connectivity index (χ4n) is 2.77. The van der Waals surface area contributed by atoms with Gasteiger partial charge in [0.05, 0.1) is 12.1 Å². The number of nitrogens with zero attached hydrogens (tertiary/aromatic N) is 2. The second-order valence-corrected chi connectivity index (χ2v) is 5.36. The van der Waals surface area contributed by atoms with Crippen molar-refractivity contribution in [2.24, 2.45) is 0 Å². The number of aromatic nitrogens is 2. The molecule has 2 rings (SSSR count). The van der Waals surface area contributed by atoms with Crippen molar-refractivity contribution in [1.82, 2.24) is 14.9 Å². The molecule has 1 aromatic heterocycles. The Hall–Kier alpha value is -1.65. The summed E-state index contributed by atoms with van der Waals surface area (Å²) in [4.78, 5) is 4.43. The summed E-state index contributed by atoms with van der Waals surface area (Å²) in [5.74, 6) is 1.07. The number of aliphatic hydroxyl groups excluding tert-OH is 1. The van der Waals surface area contributed by atoms with E-state index in [1.54, 1.807) is 0 Å². The van der Waals surface area contributed by atoms with Crippen LogP contribution >= 0.6 is 0 Å². The van der Waals surface area contributed by atoms with E-state index in [1.807, 2.05) is 30.6 Å². The SMILES string of the molecule is CCCc1nccn1CC(CO)(NCC)c1ccccc1. The molecule has 0 bridgehead atoms. The van der Waals surface area contributed by atoms with Crippen molar-refractivity contribution in [1.29, 1.82) is 0 Å². The number of likely N-dealkylation sites (N-methyl/N-ethyl adjacent to an activating group) is 1. The second kappa shape index (κ2) is 7.38. The van der Waals surface area contributed by atoms with Crippen LogP contribution in [0, 0.1) is 0 Å². The Bertz CT molecular complexity index is 538. The first kappa shape index (κ1) is 15.7. The van der Waals surface area contributed by atoms with Gasteiger partial charge in [0.25, 0.3) is 0 Å². The zero-order valence-electron chi connectivity index (χ0n) is 12.9. The minimum atomic E-state index is -0.473. The maximum atomic E-state index is 10.1.